The fourth-order valence-electron chi connectivity index (χ4n) is 2.24. The molecule has 5 nitrogen and oxygen atoms in total. The lowest BCUT2D eigenvalue weighted by molar-refractivity contribution is -0.117. The van der Waals surface area contributed by atoms with Crippen molar-refractivity contribution in [1.29, 1.82) is 0 Å². The first kappa shape index (κ1) is 17.6. The predicted octanol–water partition coefficient (Wildman–Crippen LogP) is 3.23. The Labute approximate surface area is 155 Å². The Balaban J connectivity index is 1.75. The van der Waals surface area contributed by atoms with Crippen molar-refractivity contribution in [3.05, 3.63) is 94.1 Å². The maximum atomic E-state index is 12.6. The van der Waals surface area contributed by atoms with Gasteiger partial charge in [0.15, 0.2) is 0 Å². The number of nitrogens with one attached hydrogen (secondary N) is 2. The molecule has 26 heavy (non-hydrogen) atoms. The van der Waals surface area contributed by atoms with Crippen LogP contribution in [0.25, 0.3) is 6.08 Å². The minimum Gasteiger partial charge on any atom is -0.347 e. The lowest BCUT2D eigenvalue weighted by atomic mass is 10.2. The van der Waals surface area contributed by atoms with Crippen molar-refractivity contribution in [3.8, 4) is 0 Å². The zero-order chi connectivity index (χ0) is 18.2. The molecule has 0 aliphatic rings. The number of aromatic nitrogens is 1. The summed E-state index contributed by atoms with van der Waals surface area (Å²) in [6.45, 7) is 0.352. The van der Waals surface area contributed by atoms with Crippen LogP contribution in [0.4, 0.5) is 0 Å². The van der Waals surface area contributed by atoms with Gasteiger partial charge in [0.1, 0.15) is 5.70 Å². The number of carbonyl (C=O) groups excluding carboxylic acids is 2. The van der Waals surface area contributed by atoms with Crippen molar-refractivity contribution >= 4 is 29.2 Å². The number of nitrogens with zero attached hydrogens (tertiary/aromatic N) is 1. The number of carbonyl (C=O) groups is 2. The topological polar surface area (TPSA) is 71.1 Å². The monoisotopic (exact) mass is 363 g/mol. The summed E-state index contributed by atoms with van der Waals surface area (Å²) >= 11 is 1.49. The van der Waals surface area contributed by atoms with Crippen molar-refractivity contribution in [3.63, 3.8) is 0 Å². The predicted molar refractivity (Wildman–Crippen MR) is 102 cm³/mol. The maximum Gasteiger partial charge on any atom is 0.268 e. The molecule has 0 radical (unpaired) electrons. The van der Waals surface area contributed by atoms with Crippen LogP contribution in [0, 0.1) is 0 Å². The van der Waals surface area contributed by atoms with Gasteiger partial charge in [-0.15, -0.1) is 11.3 Å². The average molecular weight is 363 g/mol. The molecule has 2 heterocycles. The van der Waals surface area contributed by atoms with Gasteiger partial charge in [0.2, 0.25) is 0 Å². The third-order valence-electron chi connectivity index (χ3n) is 3.56. The minimum atomic E-state index is -0.348. The zero-order valence-corrected chi connectivity index (χ0v) is 14.7. The second-order valence-electron chi connectivity index (χ2n) is 5.43. The van der Waals surface area contributed by atoms with Crippen LogP contribution in [0.15, 0.2) is 78.1 Å². The minimum absolute atomic E-state index is 0.204. The van der Waals surface area contributed by atoms with Crippen LogP contribution in [-0.2, 0) is 11.3 Å². The second kappa shape index (κ2) is 8.73. The molecule has 3 rings (SSSR count). The number of thiophene rings is 1. The third-order valence-corrected chi connectivity index (χ3v) is 4.38. The molecule has 0 saturated carbocycles. The standard InChI is InChI=1S/C20H17N3O2S/c24-19(16-5-2-1-3-6-16)23-18(13-17-7-4-12-26-17)20(25)22-14-15-8-10-21-11-9-15/h1-13H,14H2,(H,22,25)(H,23,24)/b18-13-. The first-order valence-electron chi connectivity index (χ1n) is 8.01. The van der Waals surface area contributed by atoms with E-state index in [0.29, 0.717) is 12.1 Å². The highest BCUT2D eigenvalue weighted by molar-refractivity contribution is 7.10. The highest BCUT2D eigenvalue weighted by Crippen LogP contribution is 2.13. The van der Waals surface area contributed by atoms with E-state index in [9.17, 15) is 9.59 Å². The fourth-order valence-corrected chi connectivity index (χ4v) is 2.89. The molecule has 2 N–H and O–H groups in total. The first-order chi connectivity index (χ1) is 12.7. The molecule has 0 fully saturated rings. The molecular weight excluding hydrogens is 346 g/mol. The number of hydrogen-bond donors (Lipinski definition) is 2. The molecule has 0 bridgehead atoms. The van der Waals surface area contributed by atoms with Gasteiger partial charge in [-0.3, -0.25) is 14.6 Å². The van der Waals surface area contributed by atoms with Crippen LogP contribution in [-0.4, -0.2) is 16.8 Å². The normalized spacial score (nSPS) is 11.0. The molecule has 1 aromatic carbocycles. The smallest absolute Gasteiger partial charge is 0.268 e. The van der Waals surface area contributed by atoms with E-state index >= 15 is 0 Å². The summed E-state index contributed by atoms with van der Waals surface area (Å²) in [7, 11) is 0. The summed E-state index contributed by atoms with van der Waals surface area (Å²) < 4.78 is 0. The van der Waals surface area contributed by atoms with Crippen LogP contribution >= 0.6 is 11.3 Å². The molecule has 0 saturated heterocycles. The first-order valence-corrected chi connectivity index (χ1v) is 8.89. The van der Waals surface area contributed by atoms with Gasteiger partial charge in [0.05, 0.1) is 0 Å². The molecule has 2 amide bonds. The maximum absolute atomic E-state index is 12.6. The Morgan fingerprint density at radius 1 is 1.00 bits per heavy atom. The van der Waals surface area contributed by atoms with Crippen LogP contribution in [0.5, 0.6) is 0 Å². The summed E-state index contributed by atoms with van der Waals surface area (Å²) in [5.74, 6) is -0.674. The quantitative estimate of drug-likeness (QED) is 0.661. The average Bonchev–Trinajstić information content (AvgIpc) is 3.20. The van der Waals surface area contributed by atoms with E-state index in [0.717, 1.165) is 10.4 Å². The summed E-state index contributed by atoms with van der Waals surface area (Å²) in [5.41, 5.74) is 1.63. The van der Waals surface area contributed by atoms with Crippen molar-refractivity contribution in [2.75, 3.05) is 0 Å². The molecular formula is C20H17N3O2S. The van der Waals surface area contributed by atoms with E-state index in [1.165, 1.54) is 11.3 Å². The fraction of sp³-hybridized carbons (Fsp3) is 0.0500. The van der Waals surface area contributed by atoms with E-state index < -0.39 is 0 Å². The SMILES string of the molecule is O=C(NCc1ccncc1)/C(=C/c1cccs1)NC(=O)c1ccccc1. The number of rotatable bonds is 6. The molecule has 0 aliphatic carbocycles. The van der Waals surface area contributed by atoms with E-state index in [1.54, 1.807) is 42.7 Å². The van der Waals surface area contributed by atoms with Crippen molar-refractivity contribution in [2.24, 2.45) is 0 Å². The van der Waals surface area contributed by atoms with Gasteiger partial charge >= 0.3 is 0 Å². The van der Waals surface area contributed by atoms with Crippen LogP contribution < -0.4 is 10.6 Å². The van der Waals surface area contributed by atoms with Gasteiger partial charge in [-0.2, -0.15) is 0 Å². The number of amides is 2. The van der Waals surface area contributed by atoms with Crippen LogP contribution in [0.2, 0.25) is 0 Å². The summed E-state index contributed by atoms with van der Waals surface area (Å²) in [5, 5.41) is 7.45. The molecule has 6 heteroatoms. The molecule has 2 aromatic heterocycles. The Bertz CT molecular complexity index is 891. The van der Waals surface area contributed by atoms with Gasteiger partial charge in [-0.1, -0.05) is 24.3 Å². The van der Waals surface area contributed by atoms with E-state index in [1.807, 2.05) is 35.7 Å². The van der Waals surface area contributed by atoms with E-state index in [2.05, 4.69) is 15.6 Å². The lowest BCUT2D eigenvalue weighted by Crippen LogP contribution is -2.34. The lowest BCUT2D eigenvalue weighted by Gasteiger charge is -2.11. The van der Waals surface area contributed by atoms with Crippen LogP contribution in [0.1, 0.15) is 20.8 Å². The van der Waals surface area contributed by atoms with Gasteiger partial charge < -0.3 is 10.6 Å². The van der Waals surface area contributed by atoms with Gasteiger partial charge in [-0.05, 0) is 47.4 Å². The van der Waals surface area contributed by atoms with Gasteiger partial charge in [0, 0.05) is 29.4 Å². The molecule has 0 spiro atoms. The number of benzene rings is 1. The summed E-state index contributed by atoms with van der Waals surface area (Å²) in [4.78, 5) is 29.9. The largest absolute Gasteiger partial charge is 0.347 e. The van der Waals surface area contributed by atoms with E-state index in [-0.39, 0.29) is 17.5 Å². The Kier molecular flexibility index (Phi) is 5.90. The van der Waals surface area contributed by atoms with Gasteiger partial charge in [-0.25, -0.2) is 0 Å². The van der Waals surface area contributed by atoms with Gasteiger partial charge in [0.25, 0.3) is 11.8 Å². The van der Waals surface area contributed by atoms with Crippen molar-refractivity contribution in [2.45, 2.75) is 6.54 Å². The third kappa shape index (κ3) is 4.87. The van der Waals surface area contributed by atoms with Crippen molar-refractivity contribution < 1.29 is 9.59 Å². The number of pyridine rings is 1. The highest BCUT2D eigenvalue weighted by Gasteiger charge is 2.14. The molecule has 3 aromatic rings. The Morgan fingerprint density at radius 2 is 1.77 bits per heavy atom. The van der Waals surface area contributed by atoms with E-state index in [4.69, 9.17) is 0 Å². The molecule has 0 atom stereocenters. The van der Waals surface area contributed by atoms with Crippen LogP contribution in [0.3, 0.4) is 0 Å². The molecule has 0 unspecified atom stereocenters. The zero-order valence-electron chi connectivity index (χ0n) is 13.9. The highest BCUT2D eigenvalue weighted by atomic mass is 32.1. The second-order valence-corrected chi connectivity index (χ2v) is 6.41. The summed E-state index contributed by atoms with van der Waals surface area (Å²) in [6.07, 6.45) is 5.01. The Hall–Kier alpha value is -3.25. The van der Waals surface area contributed by atoms with Crippen molar-refractivity contribution in [1.82, 2.24) is 15.6 Å². The molecule has 130 valence electrons. The Morgan fingerprint density at radius 3 is 2.46 bits per heavy atom. The molecule has 0 aliphatic heterocycles. The number of hydrogen-bond acceptors (Lipinski definition) is 4. The summed E-state index contributed by atoms with van der Waals surface area (Å²) in [6, 6.07) is 16.2.